The number of hydrogen-bond donors (Lipinski definition) is 1. The molecule has 0 saturated carbocycles. The molecule has 3 rings (SSSR count). The second kappa shape index (κ2) is 7.54. The summed E-state index contributed by atoms with van der Waals surface area (Å²) >= 11 is 0. The summed E-state index contributed by atoms with van der Waals surface area (Å²) in [4.78, 5) is 40.4. The molecule has 2 fully saturated rings. The van der Waals surface area contributed by atoms with Crippen LogP contribution in [0.1, 0.15) is 42.6 Å². The smallest absolute Gasteiger partial charge is 0.325 e. The van der Waals surface area contributed by atoms with Gasteiger partial charge in [0.2, 0.25) is 0 Å². The Kier molecular flexibility index (Phi) is 5.47. The summed E-state index contributed by atoms with van der Waals surface area (Å²) in [6.07, 6.45) is 0.210. The fourth-order valence-corrected chi connectivity index (χ4v) is 5.20. The largest absolute Gasteiger partial charge is 0.339 e. The van der Waals surface area contributed by atoms with Crippen LogP contribution in [-0.2, 0) is 21.2 Å². The molecule has 2 saturated heterocycles. The molecule has 1 N–H and O–H groups in total. The minimum atomic E-state index is -3.15. The van der Waals surface area contributed by atoms with E-state index in [4.69, 9.17) is 0 Å². The van der Waals surface area contributed by atoms with Crippen molar-refractivity contribution in [3.63, 3.8) is 0 Å². The minimum Gasteiger partial charge on any atom is -0.339 e. The summed E-state index contributed by atoms with van der Waals surface area (Å²) in [6, 6.07) is 6.34. The number of hydrogen-bond acceptors (Lipinski definition) is 5. The highest BCUT2D eigenvalue weighted by atomic mass is 32.2. The molecule has 0 atom stereocenters. The van der Waals surface area contributed by atoms with Crippen LogP contribution in [0.5, 0.6) is 0 Å². The molecule has 1 aromatic rings. The number of sulfone groups is 1. The molecule has 152 valence electrons. The average Bonchev–Trinajstić information content (AvgIpc) is 2.90. The lowest BCUT2D eigenvalue weighted by molar-refractivity contribution is -0.132. The fraction of sp³-hybridized carbons (Fsp3) is 0.526. The van der Waals surface area contributed by atoms with Crippen molar-refractivity contribution in [1.29, 1.82) is 0 Å². The molecule has 0 bridgehead atoms. The first-order chi connectivity index (χ1) is 13.2. The van der Waals surface area contributed by atoms with Crippen molar-refractivity contribution < 1.29 is 22.8 Å². The summed E-state index contributed by atoms with van der Waals surface area (Å²) in [6.45, 7) is 5.16. The van der Waals surface area contributed by atoms with Crippen LogP contribution in [0.15, 0.2) is 24.3 Å². The van der Waals surface area contributed by atoms with Gasteiger partial charge in [-0.2, -0.15) is 0 Å². The Morgan fingerprint density at radius 3 is 2.21 bits per heavy atom. The molecule has 28 heavy (non-hydrogen) atoms. The highest BCUT2D eigenvalue weighted by Gasteiger charge is 2.53. The van der Waals surface area contributed by atoms with Crippen molar-refractivity contribution in [2.75, 3.05) is 24.6 Å². The van der Waals surface area contributed by atoms with E-state index in [9.17, 15) is 22.8 Å². The molecule has 1 aromatic carbocycles. The maximum Gasteiger partial charge on any atom is 0.325 e. The summed E-state index contributed by atoms with van der Waals surface area (Å²) in [5, 5.41) is 2.70. The van der Waals surface area contributed by atoms with Gasteiger partial charge in [-0.25, -0.2) is 13.2 Å². The van der Waals surface area contributed by atoms with Crippen LogP contribution in [0.4, 0.5) is 4.79 Å². The molecule has 1 spiro atoms. The van der Waals surface area contributed by atoms with E-state index < -0.39 is 21.4 Å². The second-order valence-corrected chi connectivity index (χ2v) is 9.53. The molecular formula is C19H25N3O5S. The number of rotatable bonds is 5. The highest BCUT2D eigenvalue weighted by Crippen LogP contribution is 2.31. The topological polar surface area (TPSA) is 104 Å². The predicted octanol–water partition coefficient (Wildman–Crippen LogP) is 1.17. The van der Waals surface area contributed by atoms with E-state index in [1.54, 1.807) is 29.2 Å². The van der Waals surface area contributed by atoms with Crippen LogP contribution in [0.3, 0.4) is 0 Å². The van der Waals surface area contributed by atoms with E-state index in [0.717, 1.165) is 10.5 Å². The zero-order valence-electron chi connectivity index (χ0n) is 16.1. The van der Waals surface area contributed by atoms with Crippen molar-refractivity contribution in [2.45, 2.75) is 38.8 Å². The van der Waals surface area contributed by atoms with Gasteiger partial charge in [0.15, 0.2) is 9.84 Å². The normalized spacial score (nSPS) is 20.3. The molecular weight excluding hydrogens is 382 g/mol. The average molecular weight is 407 g/mol. The Morgan fingerprint density at radius 1 is 1.11 bits per heavy atom. The number of carbonyl (C=O) groups is 3. The van der Waals surface area contributed by atoms with Crippen LogP contribution in [0.2, 0.25) is 0 Å². The third kappa shape index (κ3) is 3.76. The highest BCUT2D eigenvalue weighted by molar-refractivity contribution is 7.91. The Hall–Kier alpha value is -2.42. The molecule has 0 radical (unpaired) electrons. The van der Waals surface area contributed by atoms with E-state index in [1.807, 2.05) is 13.8 Å². The number of nitrogens with zero attached hydrogens (tertiary/aromatic N) is 2. The van der Waals surface area contributed by atoms with Gasteiger partial charge in [0.1, 0.15) is 5.54 Å². The van der Waals surface area contributed by atoms with E-state index in [0.29, 0.717) is 18.7 Å². The van der Waals surface area contributed by atoms with Gasteiger partial charge in [0.05, 0.1) is 18.1 Å². The predicted molar refractivity (Wildman–Crippen MR) is 103 cm³/mol. The summed E-state index contributed by atoms with van der Waals surface area (Å²) in [5.41, 5.74) is 0.167. The maximum absolute atomic E-state index is 12.8. The number of carbonyl (C=O) groups excluding carboxylic acids is 3. The summed E-state index contributed by atoms with van der Waals surface area (Å²) in [7, 11) is -3.15. The van der Waals surface area contributed by atoms with Crippen molar-refractivity contribution in [3.8, 4) is 0 Å². The van der Waals surface area contributed by atoms with Gasteiger partial charge in [-0.15, -0.1) is 0 Å². The lowest BCUT2D eigenvalue weighted by atomic mass is 9.92. The molecule has 9 heteroatoms. The Bertz CT molecular complexity index is 877. The van der Waals surface area contributed by atoms with Gasteiger partial charge < -0.3 is 10.2 Å². The lowest BCUT2D eigenvalue weighted by Crippen LogP contribution is -2.52. The van der Waals surface area contributed by atoms with E-state index >= 15 is 0 Å². The van der Waals surface area contributed by atoms with E-state index in [-0.39, 0.29) is 42.7 Å². The van der Waals surface area contributed by atoms with Crippen molar-refractivity contribution >= 4 is 27.7 Å². The van der Waals surface area contributed by atoms with Gasteiger partial charge in [-0.3, -0.25) is 14.5 Å². The Balaban J connectivity index is 1.71. The van der Waals surface area contributed by atoms with Crippen molar-refractivity contribution in [3.05, 3.63) is 35.4 Å². The first-order valence-corrected chi connectivity index (χ1v) is 11.3. The van der Waals surface area contributed by atoms with Crippen LogP contribution in [0, 0.1) is 0 Å². The third-order valence-corrected chi connectivity index (χ3v) is 7.17. The molecule has 4 amide bonds. The summed E-state index contributed by atoms with van der Waals surface area (Å²) < 4.78 is 23.3. The number of amides is 4. The number of nitrogens with one attached hydrogen (secondary N) is 1. The molecule has 2 aliphatic heterocycles. The van der Waals surface area contributed by atoms with Gasteiger partial charge in [0, 0.05) is 18.7 Å². The number of urea groups is 1. The zero-order chi connectivity index (χ0) is 20.5. The minimum absolute atomic E-state index is 0.0612. The van der Waals surface area contributed by atoms with E-state index in [2.05, 4.69) is 5.32 Å². The van der Waals surface area contributed by atoms with Gasteiger partial charge >= 0.3 is 6.03 Å². The number of benzene rings is 1. The van der Waals surface area contributed by atoms with Crippen LogP contribution >= 0.6 is 0 Å². The van der Waals surface area contributed by atoms with Gasteiger partial charge in [0.25, 0.3) is 11.8 Å². The first kappa shape index (κ1) is 20.3. The second-order valence-electron chi connectivity index (χ2n) is 7.23. The quantitative estimate of drug-likeness (QED) is 0.738. The van der Waals surface area contributed by atoms with Crippen molar-refractivity contribution in [2.24, 2.45) is 0 Å². The van der Waals surface area contributed by atoms with Crippen LogP contribution in [0.25, 0.3) is 0 Å². The first-order valence-electron chi connectivity index (χ1n) is 9.44. The third-order valence-electron chi connectivity index (χ3n) is 5.52. The molecule has 2 aliphatic rings. The molecule has 2 heterocycles. The Morgan fingerprint density at radius 2 is 1.68 bits per heavy atom. The maximum atomic E-state index is 12.8. The SMILES string of the molecule is CCN(CC)C(=O)c1ccc(CN2C(=O)NC3(CCS(=O)(=O)CC3)C2=O)cc1. The molecule has 0 unspecified atom stereocenters. The Labute approximate surface area is 164 Å². The van der Waals surface area contributed by atoms with Crippen LogP contribution in [-0.4, -0.2) is 66.2 Å². The van der Waals surface area contributed by atoms with Gasteiger partial charge in [-0.1, -0.05) is 12.1 Å². The van der Waals surface area contributed by atoms with Gasteiger partial charge in [-0.05, 0) is 44.4 Å². The van der Waals surface area contributed by atoms with Crippen LogP contribution < -0.4 is 5.32 Å². The number of imide groups is 1. The fourth-order valence-electron chi connectivity index (χ4n) is 3.67. The lowest BCUT2D eigenvalue weighted by Gasteiger charge is -2.30. The zero-order valence-corrected chi connectivity index (χ0v) is 16.9. The van der Waals surface area contributed by atoms with E-state index in [1.165, 1.54) is 0 Å². The summed E-state index contributed by atoms with van der Waals surface area (Å²) in [5.74, 6) is -0.644. The monoisotopic (exact) mass is 407 g/mol. The van der Waals surface area contributed by atoms with Crippen molar-refractivity contribution in [1.82, 2.24) is 15.1 Å². The standard InChI is InChI=1S/C19H25N3O5S/c1-3-21(4-2)16(23)15-7-5-14(6-8-15)13-22-17(24)19(20-18(22)25)9-11-28(26,27)12-10-19/h5-8H,3-4,9-13H2,1-2H3,(H,20,25). The molecule has 8 nitrogen and oxygen atoms in total. The molecule has 0 aromatic heterocycles. The molecule has 0 aliphatic carbocycles.